The molecule has 0 aromatic heterocycles. The van der Waals surface area contributed by atoms with Gasteiger partial charge in [0.25, 0.3) is 10.2 Å². The van der Waals surface area contributed by atoms with Gasteiger partial charge in [0.15, 0.2) is 0 Å². The Morgan fingerprint density at radius 3 is 2.50 bits per heavy atom. The Labute approximate surface area is 109 Å². The Kier molecular flexibility index (Phi) is 5.47. The molecule has 18 heavy (non-hydrogen) atoms. The van der Waals surface area contributed by atoms with Crippen LogP contribution in [-0.2, 0) is 15.0 Å². The highest BCUT2D eigenvalue weighted by Crippen LogP contribution is 2.27. The van der Waals surface area contributed by atoms with E-state index in [0.29, 0.717) is 19.6 Å². The molecule has 2 atom stereocenters. The van der Waals surface area contributed by atoms with Gasteiger partial charge in [-0.25, -0.2) is 4.79 Å². The van der Waals surface area contributed by atoms with Crippen molar-refractivity contribution in [1.29, 1.82) is 0 Å². The second kappa shape index (κ2) is 6.43. The molecule has 1 rings (SSSR count). The molecule has 1 aliphatic rings. The van der Waals surface area contributed by atoms with Crippen molar-refractivity contribution in [2.45, 2.75) is 39.8 Å². The van der Waals surface area contributed by atoms with E-state index in [9.17, 15) is 13.2 Å². The molecule has 104 valence electrons. The molecule has 2 unspecified atom stereocenters. The number of aliphatic imine (C=N–C) groups is 1. The number of rotatable bonds is 5. The summed E-state index contributed by atoms with van der Waals surface area (Å²) in [5.41, 5.74) is 0. The zero-order valence-corrected chi connectivity index (χ0v) is 12.0. The maximum atomic E-state index is 12.4. The third-order valence-corrected chi connectivity index (χ3v) is 5.52. The van der Waals surface area contributed by atoms with Crippen molar-refractivity contribution in [3.05, 3.63) is 0 Å². The highest BCUT2D eigenvalue weighted by Gasteiger charge is 2.38. The Bertz CT molecular complexity index is 413. The predicted octanol–water partition coefficient (Wildman–Crippen LogP) is 0.967. The summed E-state index contributed by atoms with van der Waals surface area (Å²) in [5.74, 6) is 0.0468. The van der Waals surface area contributed by atoms with E-state index in [4.69, 9.17) is 0 Å². The van der Waals surface area contributed by atoms with Crippen LogP contribution in [0.5, 0.6) is 0 Å². The molecule has 0 aromatic carbocycles. The van der Waals surface area contributed by atoms with E-state index in [1.54, 1.807) is 13.8 Å². The largest absolute Gasteiger partial charge is 0.283 e. The normalized spacial score (nSPS) is 26.0. The van der Waals surface area contributed by atoms with Gasteiger partial charge in [-0.2, -0.15) is 22.0 Å². The van der Waals surface area contributed by atoms with Crippen molar-refractivity contribution < 1.29 is 13.2 Å². The molecule has 1 heterocycles. The minimum absolute atomic E-state index is 0.0468. The van der Waals surface area contributed by atoms with E-state index in [1.165, 1.54) is 14.7 Å². The van der Waals surface area contributed by atoms with Crippen LogP contribution in [0.3, 0.4) is 0 Å². The molecule has 6 nitrogen and oxygen atoms in total. The number of nitrogens with zero attached hydrogens (tertiary/aromatic N) is 3. The van der Waals surface area contributed by atoms with Gasteiger partial charge < -0.3 is 0 Å². The lowest BCUT2D eigenvalue weighted by Crippen LogP contribution is -2.52. The van der Waals surface area contributed by atoms with E-state index in [1.807, 2.05) is 6.92 Å². The highest BCUT2D eigenvalue weighted by molar-refractivity contribution is 7.86. The van der Waals surface area contributed by atoms with Crippen LogP contribution in [-0.4, -0.2) is 48.9 Å². The first-order valence-corrected chi connectivity index (χ1v) is 7.72. The van der Waals surface area contributed by atoms with Crippen molar-refractivity contribution in [3.8, 4) is 0 Å². The number of isocyanates is 1. The molecule has 0 aromatic rings. The average Bonchev–Trinajstić information content (AvgIpc) is 2.33. The summed E-state index contributed by atoms with van der Waals surface area (Å²) in [6.45, 7) is 6.76. The molecular formula is C11H21N3O3S. The molecule has 0 spiro atoms. The SMILES string of the molecule is CCN(CC)S(=O)(=O)N1CCCC(C)C1N=C=O. The van der Waals surface area contributed by atoms with Crippen LogP contribution in [0, 0.1) is 5.92 Å². The van der Waals surface area contributed by atoms with E-state index in [2.05, 4.69) is 4.99 Å². The summed E-state index contributed by atoms with van der Waals surface area (Å²) in [5, 5.41) is 0. The summed E-state index contributed by atoms with van der Waals surface area (Å²) in [6.07, 6.45) is 2.56. The van der Waals surface area contributed by atoms with Gasteiger partial charge in [0.1, 0.15) is 6.17 Å². The minimum Gasteiger partial charge on any atom is -0.211 e. The lowest BCUT2D eigenvalue weighted by atomic mass is 9.98. The van der Waals surface area contributed by atoms with Gasteiger partial charge in [0.05, 0.1) is 0 Å². The van der Waals surface area contributed by atoms with Crippen LogP contribution in [0.15, 0.2) is 4.99 Å². The first kappa shape index (κ1) is 15.3. The van der Waals surface area contributed by atoms with Crippen LogP contribution in [0.25, 0.3) is 0 Å². The molecule has 0 N–H and O–H groups in total. The second-order valence-corrected chi connectivity index (χ2v) is 6.34. The van der Waals surface area contributed by atoms with Gasteiger partial charge in [-0.15, -0.1) is 0 Å². The quantitative estimate of drug-likeness (QED) is 0.554. The summed E-state index contributed by atoms with van der Waals surface area (Å²) in [6, 6.07) is 0. The number of piperidine rings is 1. The smallest absolute Gasteiger partial charge is 0.211 e. The van der Waals surface area contributed by atoms with Crippen LogP contribution < -0.4 is 0 Å². The summed E-state index contributed by atoms with van der Waals surface area (Å²) < 4.78 is 27.6. The lowest BCUT2D eigenvalue weighted by Gasteiger charge is -2.37. The molecule has 0 radical (unpaired) electrons. The molecule has 1 aliphatic heterocycles. The molecule has 0 saturated carbocycles. The fourth-order valence-corrected chi connectivity index (χ4v) is 4.17. The predicted molar refractivity (Wildman–Crippen MR) is 68.9 cm³/mol. The Balaban J connectivity index is 3.07. The average molecular weight is 275 g/mol. The first-order valence-electron chi connectivity index (χ1n) is 6.32. The Hall–Kier alpha value is -0.750. The minimum atomic E-state index is -3.53. The third kappa shape index (κ3) is 2.98. The number of carbonyl (C=O) groups excluding carboxylic acids is 1. The first-order chi connectivity index (χ1) is 8.48. The van der Waals surface area contributed by atoms with E-state index >= 15 is 0 Å². The number of hydrogen-bond acceptors (Lipinski definition) is 4. The standard InChI is InChI=1S/C11H21N3O3S/c1-4-13(5-2)18(16,17)14-8-6-7-10(3)11(14)12-9-15/h10-11H,4-8H2,1-3H3. The summed E-state index contributed by atoms with van der Waals surface area (Å²) in [4.78, 5) is 14.2. The third-order valence-electron chi connectivity index (χ3n) is 3.36. The van der Waals surface area contributed by atoms with Crippen molar-refractivity contribution >= 4 is 16.3 Å². The summed E-state index contributed by atoms with van der Waals surface area (Å²) >= 11 is 0. The fraction of sp³-hybridized carbons (Fsp3) is 0.909. The van der Waals surface area contributed by atoms with Crippen molar-refractivity contribution in [3.63, 3.8) is 0 Å². The van der Waals surface area contributed by atoms with Gasteiger partial charge in [0, 0.05) is 19.6 Å². The lowest BCUT2D eigenvalue weighted by molar-refractivity contribution is 0.182. The van der Waals surface area contributed by atoms with E-state index < -0.39 is 16.4 Å². The van der Waals surface area contributed by atoms with Gasteiger partial charge in [-0.1, -0.05) is 20.8 Å². The topological polar surface area (TPSA) is 70.1 Å². The molecule has 7 heteroatoms. The van der Waals surface area contributed by atoms with Gasteiger partial charge >= 0.3 is 0 Å². The van der Waals surface area contributed by atoms with Crippen LogP contribution in [0.2, 0.25) is 0 Å². The molecule has 1 fully saturated rings. The zero-order chi connectivity index (χ0) is 13.8. The number of hydrogen-bond donors (Lipinski definition) is 0. The maximum absolute atomic E-state index is 12.4. The summed E-state index contributed by atoms with van der Waals surface area (Å²) in [7, 11) is -3.53. The molecule has 1 saturated heterocycles. The highest BCUT2D eigenvalue weighted by atomic mass is 32.2. The van der Waals surface area contributed by atoms with Crippen molar-refractivity contribution in [2.75, 3.05) is 19.6 Å². The van der Waals surface area contributed by atoms with Crippen molar-refractivity contribution in [2.24, 2.45) is 10.9 Å². The van der Waals surface area contributed by atoms with Gasteiger partial charge in [-0.3, -0.25) is 0 Å². The van der Waals surface area contributed by atoms with Crippen LogP contribution in [0.4, 0.5) is 0 Å². The molecular weight excluding hydrogens is 254 g/mol. The molecule has 0 amide bonds. The van der Waals surface area contributed by atoms with E-state index in [-0.39, 0.29) is 5.92 Å². The monoisotopic (exact) mass is 275 g/mol. The van der Waals surface area contributed by atoms with Crippen LogP contribution >= 0.6 is 0 Å². The van der Waals surface area contributed by atoms with Gasteiger partial charge in [-0.05, 0) is 18.8 Å². The zero-order valence-electron chi connectivity index (χ0n) is 11.2. The fourth-order valence-electron chi connectivity index (χ4n) is 2.33. The molecule has 0 aliphatic carbocycles. The second-order valence-electron chi connectivity index (χ2n) is 4.46. The Morgan fingerprint density at radius 1 is 1.39 bits per heavy atom. The maximum Gasteiger partial charge on any atom is 0.283 e. The molecule has 0 bridgehead atoms. The Morgan fingerprint density at radius 2 is 2.00 bits per heavy atom. The van der Waals surface area contributed by atoms with Crippen LogP contribution in [0.1, 0.15) is 33.6 Å². The van der Waals surface area contributed by atoms with Crippen molar-refractivity contribution in [1.82, 2.24) is 8.61 Å². The van der Waals surface area contributed by atoms with E-state index in [0.717, 1.165) is 12.8 Å². The van der Waals surface area contributed by atoms with Gasteiger partial charge in [0.2, 0.25) is 6.08 Å².